The number of esters is 3. The standard InChI is InChI=1S/C58H98O6/c1-4-7-10-13-16-19-22-25-28-29-31-33-36-39-42-45-48-51-57(60)63-54-55(53-62-56(59)50-47-44-41-38-35-32-27-24-21-18-15-12-9-6-3)64-58(61)52-49-46-43-40-37-34-30-26-23-20-17-14-11-8-5-2/h7-8,10-11,16-17,19-20,25-26,28,30,37,40,55H,4-6,9,12-15,18,21-24,27,29,31-36,38-39,41-54H2,1-3H3/b10-7-,11-8-,19-16-,20-17-,28-25-,30-26-,40-37-. The molecule has 1 unspecified atom stereocenters. The minimum atomic E-state index is -0.801. The van der Waals surface area contributed by atoms with Gasteiger partial charge in [-0.05, 0) is 89.9 Å². The molecule has 0 spiro atoms. The van der Waals surface area contributed by atoms with Crippen LogP contribution in [0, 0.1) is 0 Å². The minimum Gasteiger partial charge on any atom is -0.462 e. The van der Waals surface area contributed by atoms with Gasteiger partial charge < -0.3 is 14.2 Å². The molecule has 0 N–H and O–H groups in total. The topological polar surface area (TPSA) is 78.9 Å². The highest BCUT2D eigenvalue weighted by atomic mass is 16.6. The summed E-state index contributed by atoms with van der Waals surface area (Å²) >= 11 is 0. The van der Waals surface area contributed by atoms with E-state index in [2.05, 4.69) is 106 Å². The zero-order valence-corrected chi connectivity index (χ0v) is 41.8. The van der Waals surface area contributed by atoms with Crippen molar-refractivity contribution in [3.8, 4) is 0 Å². The van der Waals surface area contributed by atoms with Crippen molar-refractivity contribution in [1.29, 1.82) is 0 Å². The third-order valence-electron chi connectivity index (χ3n) is 11.1. The summed E-state index contributed by atoms with van der Waals surface area (Å²) in [6.45, 7) is 6.38. The molecular formula is C58H98O6. The lowest BCUT2D eigenvalue weighted by molar-refractivity contribution is -0.167. The molecule has 6 heteroatoms. The number of unbranched alkanes of at least 4 members (excludes halogenated alkanes) is 22. The third-order valence-corrected chi connectivity index (χ3v) is 11.1. The van der Waals surface area contributed by atoms with Crippen LogP contribution in [0.5, 0.6) is 0 Å². The first-order valence-corrected chi connectivity index (χ1v) is 26.6. The third kappa shape index (κ3) is 49.6. The highest BCUT2D eigenvalue weighted by Crippen LogP contribution is 2.15. The molecule has 64 heavy (non-hydrogen) atoms. The molecule has 0 saturated carbocycles. The number of carbonyl (C=O) groups excluding carboxylic acids is 3. The Labute approximate surface area is 395 Å². The van der Waals surface area contributed by atoms with Crippen molar-refractivity contribution in [3.63, 3.8) is 0 Å². The molecule has 0 aromatic heterocycles. The van der Waals surface area contributed by atoms with Crippen LogP contribution in [0.1, 0.15) is 245 Å². The largest absolute Gasteiger partial charge is 0.462 e. The lowest BCUT2D eigenvalue weighted by Gasteiger charge is -2.18. The van der Waals surface area contributed by atoms with Gasteiger partial charge in [0.2, 0.25) is 0 Å². The Hall–Kier alpha value is -3.41. The molecular weight excluding hydrogens is 793 g/mol. The number of ether oxygens (including phenoxy) is 3. The van der Waals surface area contributed by atoms with Crippen LogP contribution in [-0.4, -0.2) is 37.2 Å². The molecule has 1 atom stereocenters. The zero-order chi connectivity index (χ0) is 46.5. The van der Waals surface area contributed by atoms with E-state index in [1.807, 2.05) is 0 Å². The molecule has 0 bridgehead atoms. The first-order valence-electron chi connectivity index (χ1n) is 26.6. The summed E-state index contributed by atoms with van der Waals surface area (Å²) in [4.78, 5) is 38.0. The summed E-state index contributed by atoms with van der Waals surface area (Å²) in [6, 6.07) is 0. The SMILES string of the molecule is CC/C=C\C/C=C\C/C=C\C/C=C\CCCCC(=O)OC(COC(=O)CCCCCCCCC/C=C\C/C=C\C/C=C\CC)COC(=O)CCCCCCCCCCCCCCCC. The van der Waals surface area contributed by atoms with Crippen molar-refractivity contribution in [3.05, 3.63) is 85.1 Å². The Bertz CT molecular complexity index is 1250. The van der Waals surface area contributed by atoms with Crippen LogP contribution in [0.3, 0.4) is 0 Å². The number of carbonyl (C=O) groups is 3. The molecule has 0 aliphatic rings. The Morgan fingerprint density at radius 2 is 0.609 bits per heavy atom. The van der Waals surface area contributed by atoms with Crippen molar-refractivity contribution in [2.24, 2.45) is 0 Å². The van der Waals surface area contributed by atoms with Crippen molar-refractivity contribution in [2.75, 3.05) is 13.2 Å². The molecule has 366 valence electrons. The maximum absolute atomic E-state index is 12.8. The molecule has 0 amide bonds. The number of hydrogen-bond donors (Lipinski definition) is 0. The van der Waals surface area contributed by atoms with Crippen LogP contribution < -0.4 is 0 Å². The van der Waals surface area contributed by atoms with E-state index in [0.717, 1.165) is 103 Å². The Morgan fingerprint density at radius 3 is 0.984 bits per heavy atom. The normalized spacial score (nSPS) is 12.7. The van der Waals surface area contributed by atoms with Gasteiger partial charge in [-0.15, -0.1) is 0 Å². The van der Waals surface area contributed by atoms with Gasteiger partial charge in [-0.3, -0.25) is 14.4 Å². The predicted octanol–water partition coefficient (Wildman–Crippen LogP) is 17.6. The predicted molar refractivity (Wildman–Crippen MR) is 274 cm³/mol. The lowest BCUT2D eigenvalue weighted by Crippen LogP contribution is -2.30. The average molecular weight is 891 g/mol. The maximum Gasteiger partial charge on any atom is 0.306 e. The van der Waals surface area contributed by atoms with Crippen molar-refractivity contribution in [1.82, 2.24) is 0 Å². The zero-order valence-electron chi connectivity index (χ0n) is 41.8. The van der Waals surface area contributed by atoms with E-state index >= 15 is 0 Å². The summed E-state index contributed by atoms with van der Waals surface area (Å²) in [5.41, 5.74) is 0. The molecule has 0 rings (SSSR count). The second-order valence-electron chi connectivity index (χ2n) is 17.4. The summed E-state index contributed by atoms with van der Waals surface area (Å²) < 4.78 is 16.8. The van der Waals surface area contributed by atoms with Gasteiger partial charge in [0.1, 0.15) is 13.2 Å². The lowest BCUT2D eigenvalue weighted by atomic mass is 10.0. The molecule has 0 heterocycles. The van der Waals surface area contributed by atoms with E-state index in [-0.39, 0.29) is 37.5 Å². The van der Waals surface area contributed by atoms with E-state index in [1.165, 1.54) is 96.3 Å². The number of allylic oxidation sites excluding steroid dienone is 14. The molecule has 0 aliphatic heterocycles. The second-order valence-corrected chi connectivity index (χ2v) is 17.4. The van der Waals surface area contributed by atoms with Crippen LogP contribution in [0.15, 0.2) is 85.1 Å². The Morgan fingerprint density at radius 1 is 0.328 bits per heavy atom. The Balaban J connectivity index is 4.45. The summed E-state index contributed by atoms with van der Waals surface area (Å²) in [6.07, 6.45) is 67.1. The quantitative estimate of drug-likeness (QED) is 0.0262. The van der Waals surface area contributed by atoms with Gasteiger partial charge in [-0.25, -0.2) is 0 Å². The molecule has 0 radical (unpaired) electrons. The van der Waals surface area contributed by atoms with Gasteiger partial charge in [0.05, 0.1) is 0 Å². The van der Waals surface area contributed by atoms with Crippen molar-refractivity contribution >= 4 is 17.9 Å². The molecule has 0 aromatic carbocycles. The van der Waals surface area contributed by atoms with Gasteiger partial charge in [0.25, 0.3) is 0 Å². The van der Waals surface area contributed by atoms with Crippen LogP contribution in [-0.2, 0) is 28.6 Å². The molecule has 0 fully saturated rings. The highest BCUT2D eigenvalue weighted by molar-refractivity contribution is 5.71. The summed E-state index contributed by atoms with van der Waals surface area (Å²) in [5, 5.41) is 0. The van der Waals surface area contributed by atoms with E-state index in [4.69, 9.17) is 14.2 Å². The first kappa shape index (κ1) is 60.6. The molecule has 0 saturated heterocycles. The van der Waals surface area contributed by atoms with Gasteiger partial charge in [0.15, 0.2) is 6.10 Å². The highest BCUT2D eigenvalue weighted by Gasteiger charge is 2.19. The smallest absolute Gasteiger partial charge is 0.306 e. The fourth-order valence-electron chi connectivity index (χ4n) is 7.21. The average Bonchev–Trinajstić information content (AvgIpc) is 3.29. The Kier molecular flexibility index (Phi) is 49.4. The van der Waals surface area contributed by atoms with E-state index in [1.54, 1.807) is 0 Å². The monoisotopic (exact) mass is 891 g/mol. The maximum atomic E-state index is 12.8. The van der Waals surface area contributed by atoms with Crippen molar-refractivity contribution in [2.45, 2.75) is 252 Å². The van der Waals surface area contributed by atoms with E-state index in [9.17, 15) is 14.4 Å². The van der Waals surface area contributed by atoms with Crippen LogP contribution in [0.4, 0.5) is 0 Å². The van der Waals surface area contributed by atoms with E-state index < -0.39 is 6.10 Å². The second kappa shape index (κ2) is 52.2. The fourth-order valence-corrected chi connectivity index (χ4v) is 7.21. The molecule has 6 nitrogen and oxygen atoms in total. The number of hydrogen-bond acceptors (Lipinski definition) is 6. The fraction of sp³-hybridized carbons (Fsp3) is 0.707. The molecule has 0 aromatic rings. The van der Waals surface area contributed by atoms with E-state index in [0.29, 0.717) is 19.3 Å². The first-order chi connectivity index (χ1) is 31.5. The van der Waals surface area contributed by atoms with Crippen LogP contribution in [0.25, 0.3) is 0 Å². The summed E-state index contributed by atoms with van der Waals surface area (Å²) in [7, 11) is 0. The van der Waals surface area contributed by atoms with Gasteiger partial charge in [0, 0.05) is 19.3 Å². The van der Waals surface area contributed by atoms with Crippen molar-refractivity contribution < 1.29 is 28.6 Å². The van der Waals surface area contributed by atoms with Gasteiger partial charge in [-0.2, -0.15) is 0 Å². The minimum absolute atomic E-state index is 0.0950. The van der Waals surface area contributed by atoms with Gasteiger partial charge >= 0.3 is 17.9 Å². The summed E-state index contributed by atoms with van der Waals surface area (Å²) in [5.74, 6) is -0.945. The van der Waals surface area contributed by atoms with Crippen LogP contribution >= 0.6 is 0 Å². The van der Waals surface area contributed by atoms with Crippen LogP contribution in [0.2, 0.25) is 0 Å². The number of rotatable bonds is 47. The molecule has 0 aliphatic carbocycles. The van der Waals surface area contributed by atoms with Gasteiger partial charge in [-0.1, -0.05) is 221 Å².